The largest absolute Gasteiger partial charge is 0.296 e. The molecule has 0 spiro atoms. The standard InChI is InChI=1S/C16H12ClN/c1-18-10-15-14-9-12-5-3-2-4-11(12)8-13(14)6-7-16(15)17/h2-10H,1H3. The molecule has 0 radical (unpaired) electrons. The summed E-state index contributed by atoms with van der Waals surface area (Å²) in [6.45, 7) is 0. The quantitative estimate of drug-likeness (QED) is 0.441. The summed E-state index contributed by atoms with van der Waals surface area (Å²) in [6.07, 6.45) is 1.82. The van der Waals surface area contributed by atoms with Crippen molar-refractivity contribution in [1.82, 2.24) is 0 Å². The zero-order valence-electron chi connectivity index (χ0n) is 10.0. The number of hydrogen-bond acceptors (Lipinski definition) is 1. The van der Waals surface area contributed by atoms with Gasteiger partial charge in [-0.05, 0) is 39.7 Å². The minimum absolute atomic E-state index is 0.739. The molecular formula is C16H12ClN. The van der Waals surface area contributed by atoms with Crippen molar-refractivity contribution in [2.45, 2.75) is 0 Å². The van der Waals surface area contributed by atoms with E-state index in [4.69, 9.17) is 11.6 Å². The van der Waals surface area contributed by atoms with Crippen molar-refractivity contribution in [3.05, 3.63) is 59.1 Å². The van der Waals surface area contributed by atoms with Gasteiger partial charge in [0.2, 0.25) is 0 Å². The average molecular weight is 254 g/mol. The Morgan fingerprint density at radius 1 is 0.944 bits per heavy atom. The molecule has 0 saturated carbocycles. The molecule has 3 aromatic rings. The average Bonchev–Trinajstić information content (AvgIpc) is 2.40. The summed E-state index contributed by atoms with van der Waals surface area (Å²) < 4.78 is 0. The van der Waals surface area contributed by atoms with E-state index in [1.807, 2.05) is 18.3 Å². The fraction of sp³-hybridized carbons (Fsp3) is 0.0625. The monoisotopic (exact) mass is 253 g/mol. The summed E-state index contributed by atoms with van der Waals surface area (Å²) in [4.78, 5) is 4.09. The van der Waals surface area contributed by atoms with Gasteiger partial charge in [0.25, 0.3) is 0 Å². The van der Waals surface area contributed by atoms with Crippen molar-refractivity contribution >= 4 is 39.4 Å². The lowest BCUT2D eigenvalue weighted by Gasteiger charge is -2.07. The van der Waals surface area contributed by atoms with Crippen LogP contribution in [0.5, 0.6) is 0 Å². The Bertz CT molecular complexity index is 759. The van der Waals surface area contributed by atoms with Crippen LogP contribution < -0.4 is 0 Å². The Kier molecular flexibility index (Phi) is 2.77. The van der Waals surface area contributed by atoms with Crippen molar-refractivity contribution in [1.29, 1.82) is 0 Å². The van der Waals surface area contributed by atoms with Gasteiger partial charge in [0.05, 0.1) is 0 Å². The first-order chi connectivity index (χ1) is 8.79. The second kappa shape index (κ2) is 4.43. The Morgan fingerprint density at radius 3 is 2.39 bits per heavy atom. The zero-order chi connectivity index (χ0) is 12.5. The van der Waals surface area contributed by atoms with E-state index in [2.05, 4.69) is 41.4 Å². The second-order valence-electron chi connectivity index (χ2n) is 4.27. The lowest BCUT2D eigenvalue weighted by Crippen LogP contribution is -1.87. The van der Waals surface area contributed by atoms with Crippen LogP contribution in [-0.2, 0) is 0 Å². The predicted octanol–water partition coefficient (Wildman–Crippen LogP) is 4.70. The molecule has 1 nitrogen and oxygen atoms in total. The van der Waals surface area contributed by atoms with Gasteiger partial charge in [-0.25, -0.2) is 0 Å². The zero-order valence-corrected chi connectivity index (χ0v) is 10.8. The number of halogens is 1. The third-order valence-electron chi connectivity index (χ3n) is 3.13. The lowest BCUT2D eigenvalue weighted by atomic mass is 10.00. The first-order valence-electron chi connectivity index (χ1n) is 5.83. The first-order valence-corrected chi connectivity index (χ1v) is 6.20. The Balaban J connectivity index is 2.46. The van der Waals surface area contributed by atoms with E-state index in [9.17, 15) is 0 Å². The predicted molar refractivity (Wildman–Crippen MR) is 80.0 cm³/mol. The minimum atomic E-state index is 0.739. The van der Waals surface area contributed by atoms with E-state index in [1.54, 1.807) is 7.05 Å². The van der Waals surface area contributed by atoms with Crippen molar-refractivity contribution < 1.29 is 0 Å². The topological polar surface area (TPSA) is 12.4 Å². The number of fused-ring (bicyclic) bond motifs is 2. The Morgan fingerprint density at radius 2 is 1.67 bits per heavy atom. The summed E-state index contributed by atoms with van der Waals surface area (Å²) in [5.41, 5.74) is 0.988. The number of benzene rings is 3. The van der Waals surface area contributed by atoms with Crippen LogP contribution in [0.4, 0.5) is 0 Å². The van der Waals surface area contributed by atoms with Gasteiger partial charge in [0, 0.05) is 23.8 Å². The van der Waals surface area contributed by atoms with Crippen molar-refractivity contribution in [3.63, 3.8) is 0 Å². The second-order valence-corrected chi connectivity index (χ2v) is 4.68. The molecule has 3 rings (SSSR count). The third-order valence-corrected chi connectivity index (χ3v) is 3.46. The maximum atomic E-state index is 6.24. The fourth-order valence-electron chi connectivity index (χ4n) is 2.27. The fourth-order valence-corrected chi connectivity index (χ4v) is 2.48. The van der Waals surface area contributed by atoms with E-state index >= 15 is 0 Å². The normalized spacial score (nSPS) is 11.7. The maximum Gasteiger partial charge on any atom is 0.0500 e. The highest BCUT2D eigenvalue weighted by molar-refractivity contribution is 6.34. The summed E-state index contributed by atoms with van der Waals surface area (Å²) in [6, 6.07) is 16.7. The Labute approximate surface area is 111 Å². The van der Waals surface area contributed by atoms with Gasteiger partial charge in [0.15, 0.2) is 0 Å². The van der Waals surface area contributed by atoms with Crippen LogP contribution in [0.15, 0.2) is 53.5 Å². The van der Waals surface area contributed by atoms with Crippen LogP contribution in [0.3, 0.4) is 0 Å². The highest BCUT2D eigenvalue weighted by atomic mass is 35.5. The van der Waals surface area contributed by atoms with Gasteiger partial charge in [-0.3, -0.25) is 4.99 Å². The molecule has 0 amide bonds. The third kappa shape index (κ3) is 1.77. The molecule has 0 bridgehead atoms. The number of rotatable bonds is 1. The molecular weight excluding hydrogens is 242 g/mol. The van der Waals surface area contributed by atoms with E-state index in [1.165, 1.54) is 16.2 Å². The summed E-state index contributed by atoms with van der Waals surface area (Å²) in [5, 5.41) is 5.54. The van der Waals surface area contributed by atoms with Gasteiger partial charge in [0.1, 0.15) is 0 Å². The molecule has 18 heavy (non-hydrogen) atoms. The molecule has 0 unspecified atom stereocenters. The van der Waals surface area contributed by atoms with E-state index in [0.29, 0.717) is 0 Å². The number of aliphatic imine (C=N–C) groups is 1. The van der Waals surface area contributed by atoms with Crippen molar-refractivity contribution in [2.24, 2.45) is 4.99 Å². The van der Waals surface area contributed by atoms with Crippen LogP contribution in [0, 0.1) is 0 Å². The molecule has 0 N–H and O–H groups in total. The smallest absolute Gasteiger partial charge is 0.0500 e. The molecule has 88 valence electrons. The van der Waals surface area contributed by atoms with Crippen LogP contribution >= 0.6 is 11.6 Å². The summed E-state index contributed by atoms with van der Waals surface area (Å²) in [5.74, 6) is 0. The summed E-state index contributed by atoms with van der Waals surface area (Å²) in [7, 11) is 1.76. The molecule has 0 saturated heterocycles. The van der Waals surface area contributed by atoms with Crippen LogP contribution in [-0.4, -0.2) is 13.3 Å². The minimum Gasteiger partial charge on any atom is -0.296 e. The molecule has 0 heterocycles. The lowest BCUT2D eigenvalue weighted by molar-refractivity contribution is 1.47. The molecule has 0 atom stereocenters. The van der Waals surface area contributed by atoms with Gasteiger partial charge in [-0.15, -0.1) is 0 Å². The number of hydrogen-bond donors (Lipinski definition) is 0. The van der Waals surface area contributed by atoms with Crippen LogP contribution in [0.1, 0.15) is 5.56 Å². The summed E-state index contributed by atoms with van der Waals surface area (Å²) >= 11 is 6.24. The Hall–Kier alpha value is -1.86. The van der Waals surface area contributed by atoms with Crippen molar-refractivity contribution in [3.8, 4) is 0 Å². The van der Waals surface area contributed by atoms with E-state index in [-0.39, 0.29) is 0 Å². The maximum absolute atomic E-state index is 6.24. The molecule has 0 aliphatic rings. The molecule has 0 aliphatic heterocycles. The molecule has 0 aliphatic carbocycles. The molecule has 3 aromatic carbocycles. The van der Waals surface area contributed by atoms with E-state index in [0.717, 1.165) is 16.0 Å². The molecule has 0 aromatic heterocycles. The highest BCUT2D eigenvalue weighted by Gasteiger charge is 2.05. The van der Waals surface area contributed by atoms with Gasteiger partial charge >= 0.3 is 0 Å². The highest BCUT2D eigenvalue weighted by Crippen LogP contribution is 2.28. The number of nitrogens with zero attached hydrogens (tertiary/aromatic N) is 1. The first kappa shape index (κ1) is 11.2. The molecule has 2 heteroatoms. The van der Waals surface area contributed by atoms with Crippen molar-refractivity contribution in [2.75, 3.05) is 7.05 Å². The van der Waals surface area contributed by atoms with Gasteiger partial charge in [-0.2, -0.15) is 0 Å². The van der Waals surface area contributed by atoms with Gasteiger partial charge < -0.3 is 0 Å². The molecule has 0 fully saturated rings. The van der Waals surface area contributed by atoms with E-state index < -0.39 is 0 Å². The van der Waals surface area contributed by atoms with Gasteiger partial charge in [-0.1, -0.05) is 41.9 Å². The van der Waals surface area contributed by atoms with Crippen LogP contribution in [0.2, 0.25) is 5.02 Å². The SMILES string of the molecule is CN=Cc1c(Cl)ccc2cc3ccccc3cc12. The van der Waals surface area contributed by atoms with Crippen LogP contribution in [0.25, 0.3) is 21.5 Å².